The zero-order chi connectivity index (χ0) is 22.3. The van der Waals surface area contributed by atoms with Crippen LogP contribution in [0.3, 0.4) is 0 Å². The van der Waals surface area contributed by atoms with Gasteiger partial charge in [-0.05, 0) is 60.4 Å². The zero-order valence-corrected chi connectivity index (χ0v) is 19.5. The molecule has 2 aromatic carbocycles. The molecule has 2 heterocycles. The molecular weight excluding hydrogens is 444 g/mol. The fourth-order valence-corrected chi connectivity index (χ4v) is 4.03. The molecule has 4 rings (SSSR count). The van der Waals surface area contributed by atoms with Crippen LogP contribution in [0.2, 0.25) is 0 Å². The third kappa shape index (κ3) is 4.95. The Labute approximate surface area is 195 Å². The molecule has 0 saturated heterocycles. The number of nitrogens with zero attached hydrogens (tertiary/aromatic N) is 2. The van der Waals surface area contributed by atoms with Crippen molar-refractivity contribution in [1.29, 1.82) is 0 Å². The molecule has 2 N–H and O–H groups in total. The number of para-hydroxylation sites is 1. The van der Waals surface area contributed by atoms with E-state index in [-0.39, 0.29) is 0 Å². The molecule has 7 nitrogen and oxygen atoms in total. The summed E-state index contributed by atoms with van der Waals surface area (Å²) in [6.07, 6.45) is 0. The number of H-pyrrole nitrogens is 1. The van der Waals surface area contributed by atoms with Gasteiger partial charge >= 0.3 is 0 Å². The van der Waals surface area contributed by atoms with Crippen LogP contribution in [0.1, 0.15) is 17.4 Å². The van der Waals surface area contributed by atoms with Crippen LogP contribution >= 0.6 is 23.6 Å². The van der Waals surface area contributed by atoms with Gasteiger partial charge in [-0.3, -0.25) is 0 Å². The average Bonchev–Trinajstić information content (AvgIpc) is 3.47. The second kappa shape index (κ2) is 10.3. The van der Waals surface area contributed by atoms with Gasteiger partial charge in [0.15, 0.2) is 17.3 Å². The first-order valence-electron chi connectivity index (χ1n) is 10.1. The van der Waals surface area contributed by atoms with Gasteiger partial charge in [0.05, 0.1) is 25.8 Å². The number of aromatic nitrogens is 3. The Morgan fingerprint density at radius 3 is 2.72 bits per heavy atom. The molecule has 0 aliphatic rings. The van der Waals surface area contributed by atoms with Crippen molar-refractivity contribution in [3.63, 3.8) is 0 Å². The maximum absolute atomic E-state index is 5.98. The topological polar surface area (TPSA) is 73.3 Å². The summed E-state index contributed by atoms with van der Waals surface area (Å²) in [7, 11) is 1.63. The van der Waals surface area contributed by atoms with Crippen LogP contribution in [0.4, 0.5) is 0 Å². The number of hydrogen-bond acceptors (Lipinski definition) is 7. The molecule has 9 heteroatoms. The highest BCUT2D eigenvalue weighted by atomic mass is 32.1. The SMILES string of the molecule is CCOc1cc(CNn2c(-c3ccccc3OC)n[nH]c2=S)ccc1OCc1cccs1. The van der Waals surface area contributed by atoms with E-state index in [1.165, 1.54) is 0 Å². The molecule has 32 heavy (non-hydrogen) atoms. The van der Waals surface area contributed by atoms with Crippen molar-refractivity contribution in [2.24, 2.45) is 0 Å². The van der Waals surface area contributed by atoms with E-state index in [0.29, 0.717) is 36.1 Å². The van der Waals surface area contributed by atoms with E-state index in [0.717, 1.165) is 27.5 Å². The maximum atomic E-state index is 5.98. The molecule has 0 unspecified atom stereocenters. The van der Waals surface area contributed by atoms with Gasteiger partial charge in [0.1, 0.15) is 12.4 Å². The van der Waals surface area contributed by atoms with Crippen molar-refractivity contribution < 1.29 is 14.2 Å². The van der Waals surface area contributed by atoms with E-state index in [2.05, 4.69) is 21.7 Å². The monoisotopic (exact) mass is 468 g/mol. The molecule has 0 aliphatic carbocycles. The van der Waals surface area contributed by atoms with Crippen LogP contribution in [0.15, 0.2) is 60.0 Å². The van der Waals surface area contributed by atoms with Gasteiger partial charge in [0.2, 0.25) is 4.77 Å². The van der Waals surface area contributed by atoms with Crippen LogP contribution in [0.25, 0.3) is 11.4 Å². The molecule has 0 bridgehead atoms. The van der Waals surface area contributed by atoms with Gasteiger partial charge in [0.25, 0.3) is 0 Å². The first-order chi connectivity index (χ1) is 15.7. The van der Waals surface area contributed by atoms with Gasteiger partial charge in [-0.25, -0.2) is 9.77 Å². The normalized spacial score (nSPS) is 10.7. The standard InChI is InChI=1S/C23H24N4O3S2/c1-3-29-21-13-16(10-11-20(21)30-15-17-7-6-12-32-17)14-24-27-22(25-26-23(27)31)18-8-4-5-9-19(18)28-2/h4-13,24H,3,14-15H2,1-2H3,(H,26,31). The van der Waals surface area contributed by atoms with Crippen molar-refractivity contribution >= 4 is 23.6 Å². The van der Waals surface area contributed by atoms with Crippen LogP contribution in [0.5, 0.6) is 17.2 Å². The van der Waals surface area contributed by atoms with E-state index >= 15 is 0 Å². The van der Waals surface area contributed by atoms with Crippen LogP contribution in [0, 0.1) is 4.77 Å². The summed E-state index contributed by atoms with van der Waals surface area (Å²) in [5, 5.41) is 9.26. The molecule has 0 spiro atoms. The minimum atomic E-state index is 0.465. The highest BCUT2D eigenvalue weighted by Gasteiger charge is 2.14. The van der Waals surface area contributed by atoms with Gasteiger partial charge in [-0.2, -0.15) is 5.10 Å². The Hall–Kier alpha value is -3.30. The lowest BCUT2D eigenvalue weighted by Gasteiger charge is -2.15. The van der Waals surface area contributed by atoms with Crippen molar-refractivity contribution in [1.82, 2.24) is 14.9 Å². The van der Waals surface area contributed by atoms with E-state index in [4.69, 9.17) is 26.4 Å². The Kier molecular flexibility index (Phi) is 7.08. The summed E-state index contributed by atoms with van der Waals surface area (Å²) in [5.41, 5.74) is 5.19. The summed E-state index contributed by atoms with van der Waals surface area (Å²) in [6.45, 7) is 3.54. The number of nitrogens with one attached hydrogen (secondary N) is 2. The minimum absolute atomic E-state index is 0.465. The molecule has 0 aliphatic heterocycles. The predicted octanol–water partition coefficient (Wildman–Crippen LogP) is 5.40. The number of hydrogen-bond donors (Lipinski definition) is 2. The van der Waals surface area contributed by atoms with Gasteiger partial charge in [-0.1, -0.05) is 24.3 Å². The third-order valence-electron chi connectivity index (χ3n) is 4.72. The molecule has 0 fully saturated rings. The summed E-state index contributed by atoms with van der Waals surface area (Å²) in [4.78, 5) is 1.16. The molecule has 4 aromatic rings. The molecular formula is C23H24N4O3S2. The third-order valence-corrected chi connectivity index (χ3v) is 5.84. The largest absolute Gasteiger partial charge is 0.496 e. The molecule has 0 amide bonds. The predicted molar refractivity (Wildman–Crippen MR) is 129 cm³/mol. The number of rotatable bonds is 10. The van der Waals surface area contributed by atoms with Gasteiger partial charge < -0.3 is 19.6 Å². The number of benzene rings is 2. The van der Waals surface area contributed by atoms with E-state index in [1.807, 2.05) is 60.8 Å². The number of ether oxygens (including phenoxy) is 3. The zero-order valence-electron chi connectivity index (χ0n) is 17.8. The minimum Gasteiger partial charge on any atom is -0.496 e. The Morgan fingerprint density at radius 1 is 1.06 bits per heavy atom. The molecule has 0 atom stereocenters. The molecule has 166 valence electrons. The Morgan fingerprint density at radius 2 is 1.94 bits per heavy atom. The lowest BCUT2D eigenvalue weighted by Crippen LogP contribution is -2.16. The fraction of sp³-hybridized carbons (Fsp3) is 0.217. The van der Waals surface area contributed by atoms with Crippen molar-refractivity contribution in [2.45, 2.75) is 20.1 Å². The number of aromatic amines is 1. The quantitative estimate of drug-likeness (QED) is 0.304. The first kappa shape index (κ1) is 21.9. The van der Waals surface area contributed by atoms with Crippen molar-refractivity contribution in [3.8, 4) is 28.6 Å². The lowest BCUT2D eigenvalue weighted by molar-refractivity contribution is 0.271. The van der Waals surface area contributed by atoms with Crippen molar-refractivity contribution in [2.75, 3.05) is 19.1 Å². The average molecular weight is 469 g/mol. The summed E-state index contributed by atoms with van der Waals surface area (Å²) in [5.74, 6) is 2.80. The smallest absolute Gasteiger partial charge is 0.214 e. The second-order valence-electron chi connectivity index (χ2n) is 6.81. The van der Waals surface area contributed by atoms with E-state index in [1.54, 1.807) is 23.1 Å². The summed E-state index contributed by atoms with van der Waals surface area (Å²) in [6, 6.07) is 17.7. The van der Waals surface area contributed by atoms with Crippen LogP contribution in [-0.4, -0.2) is 28.6 Å². The highest BCUT2D eigenvalue weighted by Crippen LogP contribution is 2.30. The van der Waals surface area contributed by atoms with Gasteiger partial charge in [-0.15, -0.1) is 11.3 Å². The maximum Gasteiger partial charge on any atom is 0.214 e. The van der Waals surface area contributed by atoms with Crippen LogP contribution < -0.4 is 19.6 Å². The van der Waals surface area contributed by atoms with Gasteiger partial charge in [0, 0.05) is 4.88 Å². The van der Waals surface area contributed by atoms with E-state index in [9.17, 15) is 0 Å². The Bertz CT molecular complexity index is 1220. The Balaban J connectivity index is 1.52. The summed E-state index contributed by atoms with van der Waals surface area (Å²) >= 11 is 7.10. The fourth-order valence-electron chi connectivity index (χ4n) is 3.22. The van der Waals surface area contributed by atoms with Crippen LogP contribution in [-0.2, 0) is 13.2 Å². The number of methoxy groups -OCH3 is 1. The molecule has 0 saturated carbocycles. The lowest BCUT2D eigenvalue weighted by atomic mass is 10.2. The van der Waals surface area contributed by atoms with Crippen molar-refractivity contribution in [3.05, 3.63) is 75.2 Å². The number of thiophene rings is 1. The second-order valence-corrected chi connectivity index (χ2v) is 8.22. The summed E-state index contributed by atoms with van der Waals surface area (Å²) < 4.78 is 19.5. The molecule has 2 aromatic heterocycles. The first-order valence-corrected chi connectivity index (χ1v) is 11.4. The highest BCUT2D eigenvalue weighted by molar-refractivity contribution is 7.71. The van der Waals surface area contributed by atoms with E-state index < -0.39 is 0 Å². The molecule has 0 radical (unpaired) electrons.